The molecule has 0 saturated carbocycles. The molecule has 0 fully saturated rings. The molecule has 4 heterocycles. The molecule has 2 aromatic heterocycles. The Morgan fingerprint density at radius 3 is 1.39 bits per heavy atom. The molecule has 2 aliphatic heterocycles. The Kier molecular flexibility index (Phi) is 6.94. The zero-order valence-electron chi connectivity index (χ0n) is 18.3. The normalized spacial score (nSPS) is 26.9. The van der Waals surface area contributed by atoms with Crippen molar-refractivity contribution in [3.63, 3.8) is 0 Å². The molecule has 0 bridgehead atoms. The van der Waals surface area contributed by atoms with Crippen LogP contribution in [0.4, 0.5) is 11.9 Å². The van der Waals surface area contributed by atoms with Crippen LogP contribution < -0.4 is 10.2 Å². The quantitative estimate of drug-likeness (QED) is 0.274. The molecule has 0 spiro atoms. The fourth-order valence-electron chi connectivity index (χ4n) is 3.54. The lowest BCUT2D eigenvalue weighted by Crippen LogP contribution is -2.08. The van der Waals surface area contributed by atoms with Gasteiger partial charge in [0.15, 0.2) is 11.6 Å². The molecule has 1 aromatic carbocycles. The molecular weight excluding hydrogens is 549 g/mol. The second-order valence-corrected chi connectivity index (χ2v) is 12.2. The van der Waals surface area contributed by atoms with Crippen LogP contribution in [0.15, 0.2) is 71.2 Å². The van der Waals surface area contributed by atoms with E-state index in [-0.39, 0.29) is 35.5 Å². The molecule has 2 aliphatic rings. The van der Waals surface area contributed by atoms with Gasteiger partial charge in [-0.15, -0.1) is 23.2 Å². The van der Waals surface area contributed by atoms with Crippen molar-refractivity contribution in [3.05, 3.63) is 72.3 Å². The predicted octanol–water partition coefficient (Wildman–Crippen LogP) is 5.21. The number of aliphatic imine (C=N–C) groups is 2. The van der Waals surface area contributed by atoms with E-state index in [4.69, 9.17) is 32.2 Å². The highest BCUT2D eigenvalue weighted by atomic mass is 35.5. The number of nitrogens with zero attached hydrogens (tertiary/aromatic N) is 6. The first-order valence-corrected chi connectivity index (χ1v) is 14.9. The summed E-state index contributed by atoms with van der Waals surface area (Å²) in [5, 5.41) is 5.53. The molecule has 5 rings (SSSR count). The fraction of sp³-hybridized carbons (Fsp3) is 0.200. The van der Waals surface area contributed by atoms with Gasteiger partial charge in [0.2, 0.25) is 23.7 Å². The van der Waals surface area contributed by atoms with Gasteiger partial charge in [-0.05, 0) is 23.3 Å². The summed E-state index contributed by atoms with van der Waals surface area (Å²) in [5.74, 6) is -1.36. The van der Waals surface area contributed by atoms with Crippen molar-refractivity contribution >= 4 is 61.9 Å². The van der Waals surface area contributed by atoms with Gasteiger partial charge in [-0.3, -0.25) is 19.3 Å². The third kappa shape index (κ3) is 4.95. The standard InChI is InChI=1S/C20H18Cl2N8O4P2/c21-11-15-27-17(35(31,33-15)29-19-23-7-1-8-24-19)13-3-5-14(6-4-13)18-28-16(12-22)34-36(18,32)30-20-25-9-2-10-26-20/h1-10,17-18H,11-12H2,(H,23,24,29,31)(H,25,26,30,32)/t17-,18+,35-,36+. The molecule has 4 atom stereocenters. The van der Waals surface area contributed by atoms with Crippen molar-refractivity contribution in [2.75, 3.05) is 21.9 Å². The van der Waals surface area contributed by atoms with Gasteiger partial charge in [0, 0.05) is 24.8 Å². The summed E-state index contributed by atoms with van der Waals surface area (Å²) in [6, 6.07) is 10.1. The van der Waals surface area contributed by atoms with Gasteiger partial charge in [-0.2, -0.15) is 0 Å². The maximum Gasteiger partial charge on any atom is 0.373 e. The summed E-state index contributed by atoms with van der Waals surface area (Å²) in [6.45, 7) is 0. The number of nitrogens with one attached hydrogen (secondary N) is 2. The van der Waals surface area contributed by atoms with Crippen molar-refractivity contribution < 1.29 is 18.2 Å². The highest BCUT2D eigenvalue weighted by molar-refractivity contribution is 7.62. The number of rotatable bonds is 8. The van der Waals surface area contributed by atoms with Crippen molar-refractivity contribution in [3.8, 4) is 0 Å². The van der Waals surface area contributed by atoms with Crippen LogP contribution >= 0.6 is 38.2 Å². The number of halogens is 2. The largest absolute Gasteiger partial charge is 0.412 e. The van der Waals surface area contributed by atoms with Gasteiger partial charge in [-0.25, -0.2) is 29.9 Å². The third-order valence-electron chi connectivity index (χ3n) is 5.06. The van der Waals surface area contributed by atoms with E-state index in [0.717, 1.165) is 0 Å². The number of anilines is 2. The molecule has 3 aromatic rings. The Hall–Kier alpha value is -3.04. The second-order valence-electron chi connectivity index (χ2n) is 7.47. The maximum atomic E-state index is 13.7. The smallest absolute Gasteiger partial charge is 0.373 e. The molecule has 0 aliphatic carbocycles. The molecule has 36 heavy (non-hydrogen) atoms. The monoisotopic (exact) mass is 566 g/mol. The van der Waals surface area contributed by atoms with Crippen molar-refractivity contribution in [1.29, 1.82) is 0 Å². The summed E-state index contributed by atoms with van der Waals surface area (Å²) in [6.07, 6.45) is 6.04. The lowest BCUT2D eigenvalue weighted by atomic mass is 10.1. The summed E-state index contributed by atoms with van der Waals surface area (Å²) >= 11 is 11.8. The first-order chi connectivity index (χ1) is 17.4. The predicted molar refractivity (Wildman–Crippen MR) is 137 cm³/mol. The first-order valence-electron chi connectivity index (χ1n) is 10.5. The van der Waals surface area contributed by atoms with Gasteiger partial charge in [-0.1, -0.05) is 24.3 Å². The van der Waals surface area contributed by atoms with E-state index in [0.29, 0.717) is 11.1 Å². The average molecular weight is 567 g/mol. The van der Waals surface area contributed by atoms with Crippen molar-refractivity contribution in [1.82, 2.24) is 19.9 Å². The number of benzene rings is 1. The van der Waals surface area contributed by atoms with Crippen LogP contribution in [-0.2, 0) is 18.2 Å². The topological polar surface area (TPSA) is 153 Å². The zero-order valence-corrected chi connectivity index (χ0v) is 21.6. The van der Waals surface area contributed by atoms with E-state index >= 15 is 0 Å². The number of aromatic nitrogens is 4. The lowest BCUT2D eigenvalue weighted by Gasteiger charge is -2.21. The maximum absolute atomic E-state index is 13.7. The summed E-state index contributed by atoms with van der Waals surface area (Å²) in [4.78, 5) is 25.0. The second kappa shape index (κ2) is 10.1. The molecule has 16 heteroatoms. The minimum absolute atomic E-state index is 0.0539. The molecular formula is C20H18Cl2N8O4P2. The average Bonchev–Trinajstić information content (AvgIpc) is 3.41. The lowest BCUT2D eigenvalue weighted by molar-refractivity contribution is 0.487. The molecule has 2 N–H and O–H groups in total. The summed E-state index contributed by atoms with van der Waals surface area (Å²) < 4.78 is 38.6. The fourth-order valence-corrected chi connectivity index (χ4v) is 7.81. The van der Waals surface area contributed by atoms with Gasteiger partial charge in [0.05, 0.1) is 11.8 Å². The molecule has 0 saturated heterocycles. The van der Waals surface area contributed by atoms with Crippen LogP contribution in [0.2, 0.25) is 0 Å². The molecule has 186 valence electrons. The summed E-state index contributed by atoms with van der Waals surface area (Å²) in [5.41, 5.74) is 1.14. The molecule has 12 nitrogen and oxygen atoms in total. The van der Waals surface area contributed by atoms with Gasteiger partial charge >= 0.3 is 15.0 Å². The number of hydrogen-bond donors (Lipinski definition) is 2. The Labute approximate surface area is 215 Å². The van der Waals surface area contributed by atoms with E-state index in [9.17, 15) is 9.13 Å². The van der Waals surface area contributed by atoms with Crippen LogP contribution in [-0.4, -0.2) is 43.5 Å². The van der Waals surface area contributed by atoms with Crippen molar-refractivity contribution in [2.24, 2.45) is 9.98 Å². The van der Waals surface area contributed by atoms with Crippen LogP contribution in [0.25, 0.3) is 0 Å². The number of alkyl halides is 2. The minimum Gasteiger partial charge on any atom is -0.412 e. The minimum atomic E-state index is -3.64. The Bertz CT molecular complexity index is 1290. The van der Waals surface area contributed by atoms with E-state index in [1.807, 2.05) is 0 Å². The van der Waals surface area contributed by atoms with Crippen LogP contribution in [0.3, 0.4) is 0 Å². The van der Waals surface area contributed by atoms with Crippen LogP contribution in [0, 0.1) is 0 Å². The SMILES string of the molecule is O=[P@]1(Nc2ncccn2)OC(CCl)=N[C@@H]1c1ccc([C@@H]2N=C(CCl)O[P@@]2(=O)Nc2ncccn2)cc1. The van der Waals surface area contributed by atoms with Gasteiger partial charge in [0.1, 0.15) is 0 Å². The van der Waals surface area contributed by atoms with Gasteiger partial charge < -0.3 is 9.05 Å². The number of hydrogen-bond acceptors (Lipinski definition) is 10. The highest BCUT2D eigenvalue weighted by Gasteiger charge is 2.46. The van der Waals surface area contributed by atoms with E-state index in [1.54, 1.807) is 36.4 Å². The highest BCUT2D eigenvalue weighted by Crippen LogP contribution is 2.65. The molecule has 0 amide bonds. The van der Waals surface area contributed by atoms with E-state index < -0.39 is 26.6 Å². The molecule has 0 radical (unpaired) electrons. The van der Waals surface area contributed by atoms with Crippen molar-refractivity contribution in [2.45, 2.75) is 11.6 Å². The van der Waals surface area contributed by atoms with Crippen LogP contribution in [0.1, 0.15) is 22.7 Å². The van der Waals surface area contributed by atoms with E-state index in [2.05, 4.69) is 40.1 Å². The summed E-state index contributed by atoms with van der Waals surface area (Å²) in [7, 11) is -7.28. The Morgan fingerprint density at radius 2 is 1.06 bits per heavy atom. The van der Waals surface area contributed by atoms with Crippen LogP contribution in [0.5, 0.6) is 0 Å². The third-order valence-corrected chi connectivity index (χ3v) is 9.62. The Morgan fingerprint density at radius 1 is 0.694 bits per heavy atom. The van der Waals surface area contributed by atoms with Gasteiger partial charge in [0.25, 0.3) is 0 Å². The molecule has 0 unspecified atom stereocenters. The Balaban J connectivity index is 1.43. The first kappa shape index (κ1) is 24.6. The van der Waals surface area contributed by atoms with E-state index in [1.165, 1.54) is 24.8 Å². The zero-order chi connectivity index (χ0) is 25.2.